The second-order valence-corrected chi connectivity index (χ2v) is 6.87. The van der Waals surface area contributed by atoms with Gasteiger partial charge >= 0.3 is 0 Å². The van der Waals surface area contributed by atoms with Crippen molar-refractivity contribution in [3.05, 3.63) is 29.3 Å². The van der Waals surface area contributed by atoms with Crippen molar-refractivity contribution < 1.29 is 4.79 Å². The molecule has 0 aromatic heterocycles. The standard InChI is InChI=1S/C16H21N3O/c1-11-5-6-13-12(9-11)14(20)19-15-17(10-16(19,2)3)7-4-8-18(13)15/h5-6,9,15H,4,7-8,10H2,1-3H3. The first-order valence-electron chi connectivity index (χ1n) is 7.44. The van der Waals surface area contributed by atoms with Gasteiger partial charge < -0.3 is 4.90 Å². The molecule has 0 spiro atoms. The van der Waals surface area contributed by atoms with E-state index in [1.54, 1.807) is 0 Å². The Balaban J connectivity index is 1.92. The summed E-state index contributed by atoms with van der Waals surface area (Å²) in [7, 11) is 0. The van der Waals surface area contributed by atoms with E-state index in [0.29, 0.717) is 0 Å². The maximum Gasteiger partial charge on any atom is 0.259 e. The number of nitrogens with zero attached hydrogens (tertiary/aromatic N) is 3. The van der Waals surface area contributed by atoms with Gasteiger partial charge in [-0.15, -0.1) is 0 Å². The monoisotopic (exact) mass is 271 g/mol. The number of carbonyl (C=O) groups excluding carboxylic acids is 1. The van der Waals surface area contributed by atoms with Crippen molar-refractivity contribution in [1.82, 2.24) is 9.80 Å². The van der Waals surface area contributed by atoms with Gasteiger partial charge in [-0.25, -0.2) is 0 Å². The molecule has 20 heavy (non-hydrogen) atoms. The minimum atomic E-state index is -0.0915. The van der Waals surface area contributed by atoms with E-state index in [9.17, 15) is 4.79 Å². The van der Waals surface area contributed by atoms with Crippen LogP contribution in [-0.2, 0) is 0 Å². The van der Waals surface area contributed by atoms with E-state index < -0.39 is 0 Å². The molecule has 1 amide bonds. The molecular weight excluding hydrogens is 250 g/mol. The highest BCUT2D eigenvalue weighted by Gasteiger charge is 2.54. The molecule has 2 fully saturated rings. The van der Waals surface area contributed by atoms with Gasteiger partial charge in [0.25, 0.3) is 5.91 Å². The zero-order valence-corrected chi connectivity index (χ0v) is 12.4. The fourth-order valence-electron chi connectivity index (χ4n) is 4.05. The van der Waals surface area contributed by atoms with Crippen LogP contribution in [0.4, 0.5) is 5.69 Å². The summed E-state index contributed by atoms with van der Waals surface area (Å²) in [5, 5.41) is 0. The maximum absolute atomic E-state index is 13.0. The summed E-state index contributed by atoms with van der Waals surface area (Å²) >= 11 is 0. The highest BCUT2D eigenvalue weighted by Crippen LogP contribution is 2.42. The van der Waals surface area contributed by atoms with Crippen LogP contribution in [0.15, 0.2) is 18.2 Å². The number of benzene rings is 1. The number of hydrogen-bond donors (Lipinski definition) is 0. The van der Waals surface area contributed by atoms with Gasteiger partial charge in [0.05, 0.1) is 16.8 Å². The van der Waals surface area contributed by atoms with Gasteiger partial charge in [0.2, 0.25) is 0 Å². The molecule has 1 unspecified atom stereocenters. The van der Waals surface area contributed by atoms with Crippen LogP contribution in [0.3, 0.4) is 0 Å². The van der Waals surface area contributed by atoms with Crippen LogP contribution in [0, 0.1) is 6.92 Å². The van der Waals surface area contributed by atoms with Crippen molar-refractivity contribution in [3.63, 3.8) is 0 Å². The van der Waals surface area contributed by atoms with Crippen LogP contribution in [-0.4, -0.2) is 47.2 Å². The zero-order valence-electron chi connectivity index (χ0n) is 12.4. The summed E-state index contributed by atoms with van der Waals surface area (Å²) in [4.78, 5) is 19.9. The number of carbonyl (C=O) groups is 1. The summed E-state index contributed by atoms with van der Waals surface area (Å²) in [6.07, 6.45) is 1.29. The molecule has 0 radical (unpaired) electrons. The molecule has 4 nitrogen and oxygen atoms in total. The molecule has 1 aromatic carbocycles. The second kappa shape index (κ2) is 3.76. The largest absolute Gasteiger partial charge is 0.338 e. The first-order valence-corrected chi connectivity index (χ1v) is 7.44. The Hall–Kier alpha value is -1.55. The third-order valence-corrected chi connectivity index (χ3v) is 4.83. The first-order chi connectivity index (χ1) is 9.49. The summed E-state index contributed by atoms with van der Waals surface area (Å²) in [5.74, 6) is 0.194. The number of anilines is 1. The maximum atomic E-state index is 13.0. The number of hydrogen-bond acceptors (Lipinski definition) is 3. The molecule has 0 bridgehead atoms. The summed E-state index contributed by atoms with van der Waals surface area (Å²) in [6.45, 7) is 9.52. The lowest BCUT2D eigenvalue weighted by atomic mass is 9.99. The van der Waals surface area contributed by atoms with Gasteiger partial charge in [-0.05, 0) is 39.3 Å². The number of fused-ring (bicyclic) bond motifs is 2. The number of aryl methyl sites for hydroxylation is 1. The molecule has 1 aromatic rings. The van der Waals surface area contributed by atoms with Crippen molar-refractivity contribution in [2.24, 2.45) is 0 Å². The van der Waals surface area contributed by atoms with E-state index in [1.165, 1.54) is 6.42 Å². The highest BCUT2D eigenvalue weighted by molar-refractivity contribution is 6.02. The van der Waals surface area contributed by atoms with Crippen molar-refractivity contribution in [2.45, 2.75) is 39.0 Å². The van der Waals surface area contributed by atoms with Crippen LogP contribution < -0.4 is 4.90 Å². The van der Waals surface area contributed by atoms with E-state index in [2.05, 4.69) is 47.6 Å². The third kappa shape index (κ3) is 1.43. The molecule has 1 atom stereocenters. The van der Waals surface area contributed by atoms with E-state index in [4.69, 9.17) is 0 Å². The quantitative estimate of drug-likeness (QED) is 0.722. The molecule has 0 N–H and O–H groups in total. The minimum Gasteiger partial charge on any atom is -0.338 e. The molecular formula is C16H21N3O. The lowest BCUT2D eigenvalue weighted by Crippen LogP contribution is -2.62. The average molecular weight is 271 g/mol. The third-order valence-electron chi connectivity index (χ3n) is 4.83. The lowest BCUT2D eigenvalue weighted by molar-refractivity contribution is 0.0404. The van der Waals surface area contributed by atoms with E-state index in [-0.39, 0.29) is 17.7 Å². The minimum absolute atomic E-state index is 0.0915. The smallest absolute Gasteiger partial charge is 0.259 e. The second-order valence-electron chi connectivity index (χ2n) is 6.87. The van der Waals surface area contributed by atoms with Crippen molar-refractivity contribution in [1.29, 1.82) is 0 Å². The Kier molecular flexibility index (Phi) is 2.29. The van der Waals surface area contributed by atoms with Crippen molar-refractivity contribution in [2.75, 3.05) is 24.5 Å². The fraction of sp³-hybridized carbons (Fsp3) is 0.562. The van der Waals surface area contributed by atoms with Gasteiger partial charge in [0.15, 0.2) is 6.29 Å². The number of rotatable bonds is 0. The fourth-order valence-corrected chi connectivity index (χ4v) is 4.05. The van der Waals surface area contributed by atoms with Gasteiger partial charge in [0.1, 0.15) is 0 Å². The van der Waals surface area contributed by atoms with Crippen LogP contribution in [0.2, 0.25) is 0 Å². The predicted octanol–water partition coefficient (Wildman–Crippen LogP) is 2.04. The van der Waals surface area contributed by atoms with Gasteiger partial charge in [0, 0.05) is 19.6 Å². The number of amides is 1. The van der Waals surface area contributed by atoms with Crippen LogP contribution in [0.25, 0.3) is 0 Å². The summed E-state index contributed by atoms with van der Waals surface area (Å²) < 4.78 is 0. The normalized spacial score (nSPS) is 27.6. The Morgan fingerprint density at radius 1 is 1.25 bits per heavy atom. The van der Waals surface area contributed by atoms with Gasteiger partial charge in [-0.1, -0.05) is 11.6 Å². The predicted molar refractivity (Wildman–Crippen MR) is 78.8 cm³/mol. The highest BCUT2D eigenvalue weighted by atomic mass is 16.2. The average Bonchev–Trinajstić information content (AvgIpc) is 2.67. The SMILES string of the molecule is Cc1ccc2c(c1)C(=O)N1C3N(CCCN23)CC1(C)C. The lowest BCUT2D eigenvalue weighted by Gasteiger charge is -2.49. The molecule has 2 saturated heterocycles. The van der Waals surface area contributed by atoms with E-state index >= 15 is 0 Å². The Labute approximate surface area is 120 Å². The van der Waals surface area contributed by atoms with Crippen molar-refractivity contribution >= 4 is 11.6 Å². The molecule has 4 heteroatoms. The Morgan fingerprint density at radius 3 is 2.85 bits per heavy atom. The van der Waals surface area contributed by atoms with Crippen LogP contribution in [0.5, 0.6) is 0 Å². The summed E-state index contributed by atoms with van der Waals surface area (Å²) in [6, 6.07) is 6.27. The first kappa shape index (κ1) is 12.2. The van der Waals surface area contributed by atoms with E-state index in [0.717, 1.165) is 36.4 Å². The Morgan fingerprint density at radius 2 is 2.05 bits per heavy atom. The molecule has 4 rings (SSSR count). The summed E-state index contributed by atoms with van der Waals surface area (Å²) in [5.41, 5.74) is 3.05. The molecule has 0 saturated carbocycles. The molecule has 3 aliphatic heterocycles. The Bertz CT molecular complexity index is 595. The van der Waals surface area contributed by atoms with Gasteiger partial charge in [-0.2, -0.15) is 0 Å². The zero-order chi connectivity index (χ0) is 14.1. The van der Waals surface area contributed by atoms with Gasteiger partial charge in [-0.3, -0.25) is 14.6 Å². The molecule has 3 heterocycles. The van der Waals surface area contributed by atoms with E-state index in [1.807, 2.05) is 6.07 Å². The molecule has 3 aliphatic rings. The van der Waals surface area contributed by atoms with Crippen LogP contribution in [0.1, 0.15) is 36.2 Å². The topological polar surface area (TPSA) is 26.8 Å². The molecule has 0 aliphatic carbocycles. The molecule has 106 valence electrons. The van der Waals surface area contributed by atoms with Crippen molar-refractivity contribution in [3.8, 4) is 0 Å². The van der Waals surface area contributed by atoms with Crippen LogP contribution >= 0.6 is 0 Å².